The maximum atomic E-state index is 14.1. The van der Waals surface area contributed by atoms with Crippen LogP contribution >= 0.6 is 0 Å². The highest BCUT2D eigenvalue weighted by molar-refractivity contribution is 5.91. The molecule has 2 aromatic rings. The van der Waals surface area contributed by atoms with Crippen molar-refractivity contribution in [2.45, 2.75) is 44.2 Å². The van der Waals surface area contributed by atoms with Gasteiger partial charge in [-0.25, -0.2) is 13.5 Å². The molecule has 3 rings (SSSR count). The summed E-state index contributed by atoms with van der Waals surface area (Å²) in [6.07, 6.45) is 2.47. The van der Waals surface area contributed by atoms with E-state index in [4.69, 9.17) is 4.74 Å². The monoisotopic (exact) mass is 435 g/mol. The number of nitrogens with one attached hydrogen (secondary N) is 1. The Hall–Kier alpha value is -2.88. The third-order valence-corrected chi connectivity index (χ3v) is 5.16. The number of methoxy groups -OCH3 is 1. The van der Waals surface area contributed by atoms with Gasteiger partial charge in [0, 0.05) is 26.5 Å². The van der Waals surface area contributed by atoms with Gasteiger partial charge in [-0.2, -0.15) is 0 Å². The molecule has 1 saturated heterocycles. The minimum Gasteiger partial charge on any atom is -0.383 e. The average Bonchev–Trinajstić information content (AvgIpc) is 3.33. The van der Waals surface area contributed by atoms with E-state index in [9.17, 15) is 18.4 Å². The van der Waals surface area contributed by atoms with E-state index in [1.54, 1.807) is 0 Å². The molecule has 0 aliphatic carbocycles. The lowest BCUT2D eigenvalue weighted by atomic mass is 10.1. The molecule has 2 amide bonds. The highest BCUT2D eigenvalue weighted by Gasteiger charge is 2.46. The smallest absolute Gasteiger partial charge is 0.273 e. The summed E-state index contributed by atoms with van der Waals surface area (Å²) in [5.74, 6) is -3.66. The van der Waals surface area contributed by atoms with Crippen LogP contribution in [0.2, 0.25) is 0 Å². The predicted octanol–water partition coefficient (Wildman–Crippen LogP) is 1.91. The molecule has 0 spiro atoms. The van der Waals surface area contributed by atoms with Crippen molar-refractivity contribution in [3.63, 3.8) is 0 Å². The number of halogens is 2. The predicted molar refractivity (Wildman–Crippen MR) is 109 cm³/mol. The lowest BCUT2D eigenvalue weighted by Gasteiger charge is -2.23. The maximum Gasteiger partial charge on any atom is 0.273 e. The van der Waals surface area contributed by atoms with Crippen molar-refractivity contribution in [3.05, 3.63) is 47.8 Å². The van der Waals surface area contributed by atoms with E-state index in [0.29, 0.717) is 26.0 Å². The molecule has 1 aliphatic heterocycles. The minimum atomic E-state index is -2.94. The zero-order valence-electron chi connectivity index (χ0n) is 17.5. The zero-order valence-corrected chi connectivity index (χ0v) is 17.5. The first-order valence-electron chi connectivity index (χ1n) is 10.3. The first-order valence-corrected chi connectivity index (χ1v) is 10.3. The van der Waals surface area contributed by atoms with Crippen LogP contribution in [0.5, 0.6) is 0 Å². The van der Waals surface area contributed by atoms with Crippen LogP contribution in [0.3, 0.4) is 0 Å². The van der Waals surface area contributed by atoms with E-state index in [2.05, 4.69) is 15.6 Å². The van der Waals surface area contributed by atoms with E-state index < -0.39 is 30.8 Å². The van der Waals surface area contributed by atoms with Crippen LogP contribution < -0.4 is 5.32 Å². The molecular formula is C21H27F2N5O3. The SMILES string of the molecule is COCCNC(=O)c1cn(C[C@@H]2CC(F)(F)CN2C(=O)CCCc2ccccc2)nn1. The van der Waals surface area contributed by atoms with Gasteiger partial charge in [0.15, 0.2) is 5.69 Å². The van der Waals surface area contributed by atoms with Crippen LogP contribution in [0, 0.1) is 0 Å². The molecule has 1 aliphatic rings. The van der Waals surface area contributed by atoms with Gasteiger partial charge < -0.3 is 15.0 Å². The molecule has 31 heavy (non-hydrogen) atoms. The summed E-state index contributed by atoms with van der Waals surface area (Å²) in [5, 5.41) is 10.3. The summed E-state index contributed by atoms with van der Waals surface area (Å²) < 4.78 is 34.4. The lowest BCUT2D eigenvalue weighted by Crippen LogP contribution is -2.38. The summed E-state index contributed by atoms with van der Waals surface area (Å²) in [5.41, 5.74) is 1.19. The number of alkyl halides is 2. The summed E-state index contributed by atoms with van der Waals surface area (Å²) in [7, 11) is 1.52. The van der Waals surface area contributed by atoms with E-state index in [1.165, 1.54) is 22.9 Å². The van der Waals surface area contributed by atoms with E-state index >= 15 is 0 Å². The normalized spacial score (nSPS) is 17.6. The zero-order chi connectivity index (χ0) is 22.3. The highest BCUT2D eigenvalue weighted by atomic mass is 19.3. The van der Waals surface area contributed by atoms with Gasteiger partial charge in [-0.15, -0.1) is 5.10 Å². The van der Waals surface area contributed by atoms with E-state index in [-0.39, 0.29) is 24.6 Å². The van der Waals surface area contributed by atoms with Gasteiger partial charge in [-0.05, 0) is 18.4 Å². The minimum absolute atomic E-state index is 0.0539. The highest BCUT2D eigenvalue weighted by Crippen LogP contribution is 2.33. The molecule has 2 heterocycles. The van der Waals surface area contributed by atoms with Crippen molar-refractivity contribution in [2.24, 2.45) is 0 Å². The number of aryl methyl sites for hydroxylation is 1. The Balaban J connectivity index is 1.56. The van der Waals surface area contributed by atoms with Crippen LogP contribution in [0.4, 0.5) is 8.78 Å². The topological polar surface area (TPSA) is 89.4 Å². The number of amides is 2. The van der Waals surface area contributed by atoms with Crippen LogP contribution in [-0.4, -0.2) is 70.5 Å². The number of aromatic nitrogens is 3. The number of ether oxygens (including phenoxy) is 1. The number of hydrogen-bond acceptors (Lipinski definition) is 5. The largest absolute Gasteiger partial charge is 0.383 e. The van der Waals surface area contributed by atoms with Crippen LogP contribution in [-0.2, 0) is 22.5 Å². The van der Waals surface area contributed by atoms with Crippen molar-refractivity contribution in [1.29, 1.82) is 0 Å². The molecule has 8 nitrogen and oxygen atoms in total. The van der Waals surface area contributed by atoms with Crippen LogP contribution in [0.25, 0.3) is 0 Å². The number of hydrogen-bond donors (Lipinski definition) is 1. The molecule has 1 N–H and O–H groups in total. The number of nitrogens with zero attached hydrogens (tertiary/aromatic N) is 4. The Morgan fingerprint density at radius 1 is 1.29 bits per heavy atom. The maximum absolute atomic E-state index is 14.1. The third kappa shape index (κ3) is 6.55. The van der Waals surface area contributed by atoms with Gasteiger partial charge in [0.1, 0.15) is 0 Å². The molecule has 0 unspecified atom stereocenters. The quantitative estimate of drug-likeness (QED) is 0.576. The second-order valence-corrected chi connectivity index (χ2v) is 7.65. The van der Waals surface area contributed by atoms with Crippen LogP contribution in [0.15, 0.2) is 36.5 Å². The van der Waals surface area contributed by atoms with Crippen molar-refractivity contribution in [3.8, 4) is 0 Å². The molecular weight excluding hydrogens is 408 g/mol. The summed E-state index contributed by atoms with van der Waals surface area (Å²) in [4.78, 5) is 25.9. The van der Waals surface area contributed by atoms with Crippen molar-refractivity contribution >= 4 is 11.8 Å². The molecule has 168 valence electrons. The van der Waals surface area contributed by atoms with Gasteiger partial charge in [-0.3, -0.25) is 9.59 Å². The Bertz CT molecular complexity index is 875. The number of benzene rings is 1. The second kappa shape index (κ2) is 10.4. The summed E-state index contributed by atoms with van der Waals surface area (Å²) in [6.45, 7) is 0.139. The molecule has 1 aromatic carbocycles. The summed E-state index contributed by atoms with van der Waals surface area (Å²) in [6, 6.07) is 9.03. The van der Waals surface area contributed by atoms with Crippen LogP contribution in [0.1, 0.15) is 35.3 Å². The first-order chi connectivity index (χ1) is 14.9. The van der Waals surface area contributed by atoms with E-state index in [0.717, 1.165) is 5.56 Å². The molecule has 1 fully saturated rings. The molecule has 0 radical (unpaired) electrons. The van der Waals surface area contributed by atoms with E-state index in [1.807, 2.05) is 30.3 Å². The van der Waals surface area contributed by atoms with Crippen molar-refractivity contribution in [1.82, 2.24) is 25.2 Å². The summed E-state index contributed by atoms with van der Waals surface area (Å²) >= 11 is 0. The third-order valence-electron chi connectivity index (χ3n) is 5.16. The number of rotatable bonds is 10. The van der Waals surface area contributed by atoms with Gasteiger partial charge in [0.05, 0.1) is 31.9 Å². The standard InChI is InChI=1S/C21H27F2N5O3/c1-31-11-10-24-20(30)18-14-27(26-25-18)13-17-12-21(22,23)15-28(17)19(29)9-5-8-16-6-3-2-4-7-16/h2-4,6-7,14,17H,5,8-13,15H2,1H3,(H,24,30)/t17-/m0/s1. The fourth-order valence-electron chi connectivity index (χ4n) is 3.65. The van der Waals surface area contributed by atoms with Crippen molar-refractivity contribution < 1.29 is 23.1 Å². The molecule has 1 atom stereocenters. The molecule has 1 aromatic heterocycles. The Morgan fingerprint density at radius 2 is 2.06 bits per heavy atom. The average molecular weight is 435 g/mol. The number of carbonyl (C=O) groups is 2. The van der Waals surface area contributed by atoms with Gasteiger partial charge >= 0.3 is 0 Å². The molecule has 0 saturated carbocycles. The molecule has 0 bridgehead atoms. The Kier molecular flexibility index (Phi) is 7.67. The van der Waals surface area contributed by atoms with Gasteiger partial charge in [0.25, 0.3) is 11.8 Å². The second-order valence-electron chi connectivity index (χ2n) is 7.65. The first kappa shape index (κ1) is 22.8. The Morgan fingerprint density at radius 3 is 2.81 bits per heavy atom. The number of carbonyl (C=O) groups excluding carboxylic acids is 2. The fraction of sp³-hybridized carbons (Fsp3) is 0.524. The van der Waals surface area contributed by atoms with Gasteiger partial charge in [0.2, 0.25) is 5.91 Å². The molecule has 10 heteroatoms. The fourth-order valence-corrected chi connectivity index (χ4v) is 3.65. The van der Waals surface area contributed by atoms with Crippen molar-refractivity contribution in [2.75, 3.05) is 26.8 Å². The Labute approximate surface area is 179 Å². The van der Waals surface area contributed by atoms with Gasteiger partial charge in [-0.1, -0.05) is 35.5 Å². The lowest BCUT2D eigenvalue weighted by molar-refractivity contribution is -0.133. The number of likely N-dealkylation sites (tertiary alicyclic amines) is 1.